The fourth-order valence-electron chi connectivity index (χ4n) is 2.71. The lowest BCUT2D eigenvalue weighted by atomic mass is 10.1. The summed E-state index contributed by atoms with van der Waals surface area (Å²) in [7, 11) is 0. The van der Waals surface area contributed by atoms with E-state index < -0.39 is 0 Å². The predicted molar refractivity (Wildman–Crippen MR) is 104 cm³/mol. The van der Waals surface area contributed by atoms with Crippen molar-refractivity contribution in [1.82, 2.24) is 4.98 Å². The van der Waals surface area contributed by atoms with E-state index in [1.54, 1.807) is 0 Å². The van der Waals surface area contributed by atoms with Crippen LogP contribution in [-0.2, 0) is 0 Å². The Balaban J connectivity index is 0.00000169. The lowest BCUT2D eigenvalue weighted by Crippen LogP contribution is -1.94. The van der Waals surface area contributed by atoms with Crippen molar-refractivity contribution in [1.29, 1.82) is 0 Å². The Kier molecular flexibility index (Phi) is 4.78. The summed E-state index contributed by atoms with van der Waals surface area (Å²) in [6.07, 6.45) is 0. The standard InChI is InChI=1S/C21H16N2.ClH/c1-3-9-16(10-4-1)20-15-21(22-17-11-5-2-6-12-17)18-13-7-8-14-19(18)23-20;/h1-15H,(H,22,23);1H. The Morgan fingerprint density at radius 2 is 1.29 bits per heavy atom. The van der Waals surface area contributed by atoms with E-state index in [1.165, 1.54) is 0 Å². The molecule has 0 amide bonds. The van der Waals surface area contributed by atoms with Gasteiger partial charge in [0.15, 0.2) is 0 Å². The Morgan fingerprint density at radius 1 is 0.667 bits per heavy atom. The Morgan fingerprint density at radius 3 is 2.04 bits per heavy atom. The summed E-state index contributed by atoms with van der Waals surface area (Å²) in [4.78, 5) is 4.81. The number of para-hydroxylation sites is 2. The molecule has 0 aliphatic heterocycles. The largest absolute Gasteiger partial charge is 0.355 e. The molecule has 4 rings (SSSR count). The molecule has 1 aromatic heterocycles. The molecule has 1 N–H and O–H groups in total. The number of nitrogens with zero attached hydrogens (tertiary/aromatic N) is 1. The molecule has 0 fully saturated rings. The smallest absolute Gasteiger partial charge is 0.0730 e. The molecule has 4 aromatic rings. The van der Waals surface area contributed by atoms with E-state index in [0.717, 1.165) is 33.5 Å². The molecule has 0 aliphatic carbocycles. The van der Waals surface area contributed by atoms with E-state index >= 15 is 0 Å². The molecule has 24 heavy (non-hydrogen) atoms. The molecule has 3 heteroatoms. The number of benzene rings is 3. The first-order chi connectivity index (χ1) is 11.4. The fraction of sp³-hybridized carbons (Fsp3) is 0. The van der Waals surface area contributed by atoms with Crippen molar-refractivity contribution in [3.05, 3.63) is 91.0 Å². The van der Waals surface area contributed by atoms with Crippen LogP contribution >= 0.6 is 12.4 Å². The van der Waals surface area contributed by atoms with Gasteiger partial charge < -0.3 is 5.32 Å². The second-order valence-electron chi connectivity index (χ2n) is 5.43. The zero-order chi connectivity index (χ0) is 15.5. The molecule has 0 aliphatic rings. The fourth-order valence-corrected chi connectivity index (χ4v) is 2.71. The molecule has 0 bridgehead atoms. The average molecular weight is 333 g/mol. The van der Waals surface area contributed by atoms with Crippen molar-refractivity contribution in [2.24, 2.45) is 0 Å². The second kappa shape index (κ2) is 7.16. The number of pyridine rings is 1. The van der Waals surface area contributed by atoms with Crippen molar-refractivity contribution >= 4 is 34.7 Å². The molecular formula is C21H17ClN2. The maximum atomic E-state index is 4.81. The van der Waals surface area contributed by atoms with Gasteiger partial charge in [-0.05, 0) is 24.3 Å². The first kappa shape index (κ1) is 16.0. The maximum absolute atomic E-state index is 4.81. The first-order valence-corrected chi connectivity index (χ1v) is 7.67. The SMILES string of the molecule is Cl.c1ccc(Nc2cc(-c3ccccc3)nc3ccccc23)cc1. The van der Waals surface area contributed by atoms with Crippen LogP contribution in [0.4, 0.5) is 11.4 Å². The van der Waals surface area contributed by atoms with Gasteiger partial charge in [-0.3, -0.25) is 0 Å². The van der Waals surface area contributed by atoms with Gasteiger partial charge in [-0.25, -0.2) is 4.98 Å². The zero-order valence-electron chi connectivity index (χ0n) is 13.0. The molecule has 3 aromatic carbocycles. The van der Waals surface area contributed by atoms with Gasteiger partial charge in [0, 0.05) is 16.6 Å². The van der Waals surface area contributed by atoms with Crippen LogP contribution < -0.4 is 5.32 Å². The minimum atomic E-state index is 0. The van der Waals surface area contributed by atoms with E-state index in [1.807, 2.05) is 48.5 Å². The molecular weight excluding hydrogens is 316 g/mol. The highest BCUT2D eigenvalue weighted by Crippen LogP contribution is 2.30. The number of halogens is 1. The summed E-state index contributed by atoms with van der Waals surface area (Å²) in [5.74, 6) is 0. The summed E-state index contributed by atoms with van der Waals surface area (Å²) in [5, 5.41) is 4.64. The van der Waals surface area contributed by atoms with E-state index in [-0.39, 0.29) is 12.4 Å². The maximum Gasteiger partial charge on any atom is 0.0730 e. The molecule has 0 radical (unpaired) electrons. The van der Waals surface area contributed by atoms with E-state index in [9.17, 15) is 0 Å². The highest BCUT2D eigenvalue weighted by Gasteiger charge is 2.07. The van der Waals surface area contributed by atoms with Gasteiger partial charge in [0.2, 0.25) is 0 Å². The molecule has 0 unspecified atom stereocenters. The number of hydrogen-bond donors (Lipinski definition) is 1. The van der Waals surface area contributed by atoms with Gasteiger partial charge in [-0.15, -0.1) is 12.4 Å². The highest BCUT2D eigenvalue weighted by atomic mass is 35.5. The van der Waals surface area contributed by atoms with Crippen LogP contribution in [0.2, 0.25) is 0 Å². The molecule has 118 valence electrons. The van der Waals surface area contributed by atoms with Crippen LogP contribution in [0.5, 0.6) is 0 Å². The van der Waals surface area contributed by atoms with Gasteiger partial charge >= 0.3 is 0 Å². The monoisotopic (exact) mass is 332 g/mol. The summed E-state index contributed by atoms with van der Waals surface area (Å²) in [5.41, 5.74) is 5.23. The van der Waals surface area contributed by atoms with Crippen molar-refractivity contribution in [3.8, 4) is 11.3 Å². The van der Waals surface area contributed by atoms with Crippen LogP contribution in [-0.4, -0.2) is 4.98 Å². The second-order valence-corrected chi connectivity index (χ2v) is 5.43. The Bertz CT molecular complexity index is 937. The number of aromatic nitrogens is 1. The van der Waals surface area contributed by atoms with Gasteiger partial charge in [-0.1, -0.05) is 66.7 Å². The molecule has 0 spiro atoms. The number of rotatable bonds is 3. The highest BCUT2D eigenvalue weighted by molar-refractivity contribution is 5.95. The number of fused-ring (bicyclic) bond motifs is 1. The third-order valence-electron chi connectivity index (χ3n) is 3.84. The molecule has 1 heterocycles. The third-order valence-corrected chi connectivity index (χ3v) is 3.84. The quantitative estimate of drug-likeness (QED) is 0.492. The van der Waals surface area contributed by atoms with Crippen LogP contribution in [0.1, 0.15) is 0 Å². The molecule has 0 saturated carbocycles. The van der Waals surface area contributed by atoms with E-state index in [0.29, 0.717) is 0 Å². The Hall–Kier alpha value is -2.84. The van der Waals surface area contributed by atoms with Gasteiger partial charge in [0.05, 0.1) is 16.9 Å². The van der Waals surface area contributed by atoms with E-state index in [4.69, 9.17) is 4.98 Å². The number of nitrogens with one attached hydrogen (secondary N) is 1. The van der Waals surface area contributed by atoms with Gasteiger partial charge in [0.1, 0.15) is 0 Å². The summed E-state index contributed by atoms with van der Waals surface area (Å²) in [6, 6.07) is 30.8. The van der Waals surface area contributed by atoms with Crippen LogP contribution in [0.15, 0.2) is 91.0 Å². The molecule has 0 saturated heterocycles. The van der Waals surface area contributed by atoms with Crippen LogP contribution in [0, 0.1) is 0 Å². The minimum Gasteiger partial charge on any atom is -0.355 e. The predicted octanol–water partition coefficient (Wildman–Crippen LogP) is 6.07. The molecule has 2 nitrogen and oxygen atoms in total. The van der Waals surface area contributed by atoms with Crippen LogP contribution in [0.3, 0.4) is 0 Å². The number of anilines is 2. The molecule has 0 atom stereocenters. The summed E-state index contributed by atoms with van der Waals surface area (Å²) in [6.45, 7) is 0. The van der Waals surface area contributed by atoms with Gasteiger partial charge in [0.25, 0.3) is 0 Å². The Labute approximate surface area is 147 Å². The first-order valence-electron chi connectivity index (χ1n) is 7.67. The normalized spacial score (nSPS) is 10.2. The third kappa shape index (κ3) is 3.24. The van der Waals surface area contributed by atoms with E-state index in [2.05, 4.69) is 47.8 Å². The minimum absolute atomic E-state index is 0. The van der Waals surface area contributed by atoms with Crippen LogP contribution in [0.25, 0.3) is 22.2 Å². The lowest BCUT2D eigenvalue weighted by molar-refractivity contribution is 1.39. The van der Waals surface area contributed by atoms with Crippen molar-refractivity contribution in [2.45, 2.75) is 0 Å². The summed E-state index contributed by atoms with van der Waals surface area (Å²) < 4.78 is 0. The average Bonchev–Trinajstić information content (AvgIpc) is 2.63. The van der Waals surface area contributed by atoms with Crippen molar-refractivity contribution < 1.29 is 0 Å². The van der Waals surface area contributed by atoms with Crippen molar-refractivity contribution in [3.63, 3.8) is 0 Å². The number of hydrogen-bond acceptors (Lipinski definition) is 2. The summed E-state index contributed by atoms with van der Waals surface area (Å²) >= 11 is 0. The lowest BCUT2D eigenvalue weighted by Gasteiger charge is -2.12. The van der Waals surface area contributed by atoms with Crippen molar-refractivity contribution in [2.75, 3.05) is 5.32 Å². The zero-order valence-corrected chi connectivity index (χ0v) is 13.8. The van der Waals surface area contributed by atoms with Gasteiger partial charge in [-0.2, -0.15) is 0 Å². The topological polar surface area (TPSA) is 24.9 Å².